The SMILES string of the molecule is CN1CC2(CCCC2)c2cc(B3OC(C)(C)C(C)(C)O3)ccc21. The molecule has 1 aromatic carbocycles. The van der Waals surface area contributed by atoms with Gasteiger partial charge in [0.2, 0.25) is 0 Å². The Morgan fingerprint density at radius 2 is 1.61 bits per heavy atom. The van der Waals surface area contributed by atoms with Crippen LogP contribution in [0.4, 0.5) is 5.69 Å². The normalized spacial score (nSPS) is 27.0. The van der Waals surface area contributed by atoms with Crippen LogP contribution in [0.1, 0.15) is 58.9 Å². The lowest BCUT2D eigenvalue weighted by atomic mass is 9.74. The number of nitrogens with zero attached hydrogens (tertiary/aromatic N) is 1. The third-order valence-electron chi connectivity index (χ3n) is 6.63. The van der Waals surface area contributed by atoms with Crippen molar-refractivity contribution in [3.05, 3.63) is 23.8 Å². The molecule has 2 heterocycles. The van der Waals surface area contributed by atoms with Gasteiger partial charge in [0, 0.05) is 24.7 Å². The van der Waals surface area contributed by atoms with Gasteiger partial charge in [0.05, 0.1) is 11.2 Å². The second kappa shape index (κ2) is 4.76. The van der Waals surface area contributed by atoms with Crippen molar-refractivity contribution in [2.45, 2.75) is 70.0 Å². The van der Waals surface area contributed by atoms with Gasteiger partial charge >= 0.3 is 7.12 Å². The van der Waals surface area contributed by atoms with Crippen LogP contribution in [-0.2, 0) is 14.7 Å². The Balaban J connectivity index is 1.71. The van der Waals surface area contributed by atoms with Crippen molar-refractivity contribution in [3.63, 3.8) is 0 Å². The number of hydrogen-bond donors (Lipinski definition) is 0. The molecule has 0 N–H and O–H groups in total. The monoisotopic (exact) mass is 313 g/mol. The Morgan fingerprint density at radius 1 is 1.00 bits per heavy atom. The summed E-state index contributed by atoms with van der Waals surface area (Å²) in [5, 5.41) is 0. The Bertz CT molecular complexity index is 618. The van der Waals surface area contributed by atoms with Gasteiger partial charge in [-0.1, -0.05) is 25.0 Å². The first-order valence-electron chi connectivity index (χ1n) is 8.95. The molecule has 1 aromatic rings. The molecule has 0 radical (unpaired) electrons. The van der Waals surface area contributed by atoms with Crippen molar-refractivity contribution in [1.29, 1.82) is 0 Å². The van der Waals surface area contributed by atoms with Crippen molar-refractivity contribution >= 4 is 18.3 Å². The van der Waals surface area contributed by atoms with Crippen molar-refractivity contribution in [2.75, 3.05) is 18.5 Å². The van der Waals surface area contributed by atoms with Crippen LogP contribution in [-0.4, -0.2) is 31.9 Å². The van der Waals surface area contributed by atoms with Gasteiger partial charge in [0.25, 0.3) is 0 Å². The molecular formula is C19H28BNO2. The highest BCUT2D eigenvalue weighted by molar-refractivity contribution is 6.62. The topological polar surface area (TPSA) is 21.7 Å². The second-order valence-electron chi connectivity index (χ2n) is 8.71. The maximum absolute atomic E-state index is 6.25. The lowest BCUT2D eigenvalue weighted by Gasteiger charge is -2.32. The Morgan fingerprint density at radius 3 is 2.22 bits per heavy atom. The summed E-state index contributed by atoms with van der Waals surface area (Å²) >= 11 is 0. The van der Waals surface area contributed by atoms with E-state index in [1.165, 1.54) is 42.4 Å². The van der Waals surface area contributed by atoms with E-state index in [9.17, 15) is 0 Å². The summed E-state index contributed by atoms with van der Waals surface area (Å²) in [6, 6.07) is 6.82. The zero-order valence-corrected chi connectivity index (χ0v) is 15.1. The molecule has 1 spiro atoms. The van der Waals surface area contributed by atoms with Crippen molar-refractivity contribution in [3.8, 4) is 0 Å². The molecule has 4 heteroatoms. The van der Waals surface area contributed by atoms with Crippen LogP contribution in [0.3, 0.4) is 0 Å². The van der Waals surface area contributed by atoms with Gasteiger partial charge in [-0.2, -0.15) is 0 Å². The van der Waals surface area contributed by atoms with E-state index in [1.807, 2.05) is 0 Å². The van der Waals surface area contributed by atoms with Crippen LogP contribution in [0.25, 0.3) is 0 Å². The number of hydrogen-bond acceptors (Lipinski definition) is 3. The summed E-state index contributed by atoms with van der Waals surface area (Å²) in [6.07, 6.45) is 5.34. The van der Waals surface area contributed by atoms with Gasteiger partial charge in [-0.3, -0.25) is 0 Å². The number of benzene rings is 1. The van der Waals surface area contributed by atoms with Gasteiger partial charge in [-0.05, 0) is 57.6 Å². The molecule has 0 unspecified atom stereocenters. The largest absolute Gasteiger partial charge is 0.494 e. The molecule has 1 saturated carbocycles. The minimum Gasteiger partial charge on any atom is -0.399 e. The zero-order chi connectivity index (χ0) is 16.5. The average Bonchev–Trinajstić information content (AvgIpc) is 3.10. The fourth-order valence-electron chi connectivity index (χ4n) is 4.54. The van der Waals surface area contributed by atoms with E-state index >= 15 is 0 Å². The smallest absolute Gasteiger partial charge is 0.399 e. The maximum atomic E-state index is 6.25. The fourth-order valence-corrected chi connectivity index (χ4v) is 4.54. The number of anilines is 1. The number of fused-ring (bicyclic) bond motifs is 2. The molecular weight excluding hydrogens is 285 g/mol. The van der Waals surface area contributed by atoms with Gasteiger partial charge < -0.3 is 14.2 Å². The Labute approximate surface area is 140 Å². The lowest BCUT2D eigenvalue weighted by molar-refractivity contribution is 0.00578. The molecule has 2 aliphatic heterocycles. The van der Waals surface area contributed by atoms with Gasteiger partial charge in [-0.25, -0.2) is 0 Å². The molecule has 1 saturated heterocycles. The van der Waals surface area contributed by atoms with Crippen LogP contribution in [0, 0.1) is 0 Å². The third kappa shape index (κ3) is 2.18. The first-order chi connectivity index (χ1) is 10.7. The molecule has 124 valence electrons. The van der Waals surface area contributed by atoms with Crippen LogP contribution in [0.5, 0.6) is 0 Å². The highest BCUT2D eigenvalue weighted by Crippen LogP contribution is 2.49. The molecule has 1 aliphatic carbocycles. The van der Waals surface area contributed by atoms with Gasteiger partial charge in [-0.15, -0.1) is 0 Å². The standard InChI is InChI=1S/C19H28BNO2/c1-17(2)18(3,4)23-20(22-17)14-8-9-16-15(12-14)19(13-21(16)5)10-6-7-11-19/h8-9,12H,6-7,10-11,13H2,1-5H3. The summed E-state index contributed by atoms with van der Waals surface area (Å²) in [5.74, 6) is 0. The van der Waals surface area contributed by atoms with Crippen molar-refractivity contribution in [1.82, 2.24) is 0 Å². The van der Waals surface area contributed by atoms with Crippen LogP contribution in [0.2, 0.25) is 0 Å². The van der Waals surface area contributed by atoms with E-state index < -0.39 is 0 Å². The minimum atomic E-state index is -0.279. The van der Waals surface area contributed by atoms with Crippen LogP contribution in [0.15, 0.2) is 18.2 Å². The molecule has 3 aliphatic rings. The quantitative estimate of drug-likeness (QED) is 0.743. The molecule has 2 fully saturated rings. The van der Waals surface area contributed by atoms with E-state index in [4.69, 9.17) is 9.31 Å². The summed E-state index contributed by atoms with van der Waals surface area (Å²) < 4.78 is 12.5. The average molecular weight is 313 g/mol. The zero-order valence-electron chi connectivity index (χ0n) is 15.1. The van der Waals surface area contributed by atoms with Gasteiger partial charge in [0.1, 0.15) is 0 Å². The molecule has 0 amide bonds. The van der Waals surface area contributed by atoms with E-state index in [2.05, 4.69) is 57.8 Å². The van der Waals surface area contributed by atoms with E-state index in [-0.39, 0.29) is 18.3 Å². The molecule has 0 bridgehead atoms. The highest BCUT2D eigenvalue weighted by Gasteiger charge is 2.52. The molecule has 3 nitrogen and oxygen atoms in total. The predicted octanol–water partition coefficient (Wildman–Crippen LogP) is 3.25. The third-order valence-corrected chi connectivity index (χ3v) is 6.63. The molecule has 0 aromatic heterocycles. The first-order valence-corrected chi connectivity index (χ1v) is 8.95. The first kappa shape index (κ1) is 15.5. The number of likely N-dealkylation sites (N-methyl/N-ethyl adjacent to an activating group) is 1. The van der Waals surface area contributed by atoms with E-state index in [0.29, 0.717) is 5.41 Å². The molecule has 4 rings (SSSR count). The van der Waals surface area contributed by atoms with E-state index in [0.717, 1.165) is 6.54 Å². The fraction of sp³-hybridized carbons (Fsp3) is 0.684. The summed E-state index contributed by atoms with van der Waals surface area (Å²) in [4.78, 5) is 2.43. The molecule has 23 heavy (non-hydrogen) atoms. The summed E-state index contributed by atoms with van der Waals surface area (Å²) in [5.41, 5.74) is 3.89. The minimum absolute atomic E-state index is 0.255. The Hall–Kier alpha value is -0.995. The number of rotatable bonds is 1. The van der Waals surface area contributed by atoms with Crippen LogP contribution < -0.4 is 10.4 Å². The lowest BCUT2D eigenvalue weighted by Crippen LogP contribution is -2.41. The Kier molecular flexibility index (Phi) is 3.22. The predicted molar refractivity (Wildman–Crippen MR) is 95.6 cm³/mol. The second-order valence-corrected chi connectivity index (χ2v) is 8.71. The molecule has 0 atom stereocenters. The summed E-state index contributed by atoms with van der Waals surface area (Å²) in [6.45, 7) is 9.63. The van der Waals surface area contributed by atoms with Crippen molar-refractivity contribution < 1.29 is 9.31 Å². The van der Waals surface area contributed by atoms with Crippen LogP contribution >= 0.6 is 0 Å². The van der Waals surface area contributed by atoms with Gasteiger partial charge in [0.15, 0.2) is 0 Å². The van der Waals surface area contributed by atoms with E-state index in [1.54, 1.807) is 0 Å². The summed E-state index contributed by atoms with van der Waals surface area (Å²) in [7, 11) is 1.97. The maximum Gasteiger partial charge on any atom is 0.494 e. The van der Waals surface area contributed by atoms with Crippen molar-refractivity contribution in [2.24, 2.45) is 0 Å². The highest BCUT2D eigenvalue weighted by atomic mass is 16.7.